The number of aromatic nitrogens is 3. The lowest BCUT2D eigenvalue weighted by Gasteiger charge is -2.21. The molecule has 166 valence electrons. The number of amides is 1. The summed E-state index contributed by atoms with van der Waals surface area (Å²) in [7, 11) is 1.90. The minimum Gasteiger partial charge on any atom is -0.372 e. The number of rotatable bonds is 10. The molecule has 0 aliphatic carbocycles. The summed E-state index contributed by atoms with van der Waals surface area (Å²) in [5.74, 6) is 1.17. The third-order valence-electron chi connectivity index (χ3n) is 4.87. The Bertz CT molecular complexity index is 1090. The van der Waals surface area contributed by atoms with E-state index in [0.29, 0.717) is 16.6 Å². The lowest BCUT2D eigenvalue weighted by atomic mass is 10.2. The zero-order valence-electron chi connectivity index (χ0n) is 18.4. The van der Waals surface area contributed by atoms with Gasteiger partial charge in [-0.15, -0.1) is 22.0 Å². The normalized spacial score (nSPS) is 10.6. The van der Waals surface area contributed by atoms with Gasteiger partial charge in [0.05, 0.1) is 23.3 Å². The van der Waals surface area contributed by atoms with Crippen molar-refractivity contribution in [2.24, 2.45) is 7.05 Å². The molecule has 1 N–H and O–H groups in total. The van der Waals surface area contributed by atoms with Gasteiger partial charge in [0.25, 0.3) is 0 Å². The summed E-state index contributed by atoms with van der Waals surface area (Å²) >= 11 is 2.74. The van der Waals surface area contributed by atoms with Crippen LogP contribution < -0.4 is 10.2 Å². The number of carbonyl (C=O) groups excluding carboxylic acids is 1. The van der Waals surface area contributed by atoms with Gasteiger partial charge in [-0.25, -0.2) is 0 Å². The van der Waals surface area contributed by atoms with Crippen molar-refractivity contribution in [3.05, 3.63) is 48.5 Å². The van der Waals surface area contributed by atoms with Gasteiger partial charge in [-0.05, 0) is 50.2 Å². The maximum atomic E-state index is 12.5. The molecule has 1 heterocycles. The van der Waals surface area contributed by atoms with Crippen LogP contribution in [-0.4, -0.2) is 45.3 Å². The second-order valence-corrected chi connectivity index (χ2v) is 8.82. The monoisotopic (exact) mass is 466 g/mol. The van der Waals surface area contributed by atoms with Crippen molar-refractivity contribution in [2.75, 3.05) is 34.8 Å². The molecule has 0 aliphatic heterocycles. The van der Waals surface area contributed by atoms with E-state index in [0.717, 1.165) is 29.4 Å². The van der Waals surface area contributed by atoms with Crippen LogP contribution in [0.2, 0.25) is 0 Å². The highest BCUT2D eigenvalue weighted by atomic mass is 32.2. The first-order valence-corrected chi connectivity index (χ1v) is 12.3. The van der Waals surface area contributed by atoms with Crippen LogP contribution in [0, 0.1) is 11.3 Å². The molecule has 3 aromatic rings. The van der Waals surface area contributed by atoms with Crippen LogP contribution in [0.1, 0.15) is 13.8 Å². The highest BCUT2D eigenvalue weighted by Gasteiger charge is 2.14. The van der Waals surface area contributed by atoms with Crippen LogP contribution in [0.4, 0.5) is 11.4 Å². The smallest absolute Gasteiger partial charge is 0.234 e. The topological polar surface area (TPSA) is 86.8 Å². The molecule has 7 nitrogen and oxygen atoms in total. The lowest BCUT2D eigenvalue weighted by molar-refractivity contribution is -0.113. The summed E-state index contributed by atoms with van der Waals surface area (Å²) < 4.78 is 1.90. The van der Waals surface area contributed by atoms with Crippen molar-refractivity contribution >= 4 is 40.8 Å². The number of nitrogens with zero attached hydrogens (tertiary/aromatic N) is 5. The van der Waals surface area contributed by atoms with E-state index in [2.05, 4.69) is 64.6 Å². The second-order valence-electron chi connectivity index (χ2n) is 6.86. The molecule has 1 aromatic heterocycles. The predicted octanol–water partition coefficient (Wildman–Crippen LogP) is 4.67. The largest absolute Gasteiger partial charge is 0.372 e. The molecule has 1 amide bonds. The summed E-state index contributed by atoms with van der Waals surface area (Å²) in [6.45, 7) is 6.21. The van der Waals surface area contributed by atoms with Gasteiger partial charge < -0.3 is 14.8 Å². The Hall–Kier alpha value is -2.96. The summed E-state index contributed by atoms with van der Waals surface area (Å²) in [6, 6.07) is 17.9. The molecular formula is C23H26N6OS2. The van der Waals surface area contributed by atoms with Gasteiger partial charge in [0, 0.05) is 36.3 Å². The predicted molar refractivity (Wildman–Crippen MR) is 132 cm³/mol. The Morgan fingerprint density at radius 3 is 2.50 bits per heavy atom. The van der Waals surface area contributed by atoms with Gasteiger partial charge in [-0.3, -0.25) is 4.79 Å². The molecule has 0 atom stereocenters. The highest BCUT2D eigenvalue weighted by molar-refractivity contribution is 8.00. The standard InChI is InChI=1S/C23H26N6OS2/c1-4-29(5-2)18-12-10-17(11-13-18)22-26-27-23(28(22)3)32-16-21(30)25-19-8-6-7-9-20(19)31-15-14-24/h6-13H,4-5,15-16H2,1-3H3,(H,25,30). The van der Waals surface area contributed by atoms with E-state index in [1.54, 1.807) is 0 Å². The first-order valence-electron chi connectivity index (χ1n) is 10.3. The zero-order chi connectivity index (χ0) is 22.9. The highest BCUT2D eigenvalue weighted by Crippen LogP contribution is 2.28. The van der Waals surface area contributed by atoms with Gasteiger partial charge in [-0.1, -0.05) is 23.9 Å². The van der Waals surface area contributed by atoms with Crippen molar-refractivity contribution in [3.8, 4) is 17.5 Å². The third-order valence-corrected chi connectivity index (χ3v) is 6.84. The number of carbonyl (C=O) groups is 1. The number of nitriles is 1. The van der Waals surface area contributed by atoms with Crippen LogP contribution in [-0.2, 0) is 11.8 Å². The Morgan fingerprint density at radius 2 is 1.81 bits per heavy atom. The molecule has 2 aromatic carbocycles. The summed E-state index contributed by atoms with van der Waals surface area (Å²) in [5, 5.41) is 21.0. The second kappa shape index (κ2) is 11.6. The van der Waals surface area contributed by atoms with Crippen LogP contribution in [0.5, 0.6) is 0 Å². The average molecular weight is 467 g/mol. The van der Waals surface area contributed by atoms with Gasteiger partial charge in [0.15, 0.2) is 11.0 Å². The molecule has 32 heavy (non-hydrogen) atoms. The summed E-state index contributed by atoms with van der Waals surface area (Å²) in [4.78, 5) is 15.7. The molecule has 0 saturated heterocycles. The van der Waals surface area contributed by atoms with E-state index in [1.165, 1.54) is 29.2 Å². The lowest BCUT2D eigenvalue weighted by Crippen LogP contribution is -2.21. The van der Waals surface area contributed by atoms with Crippen molar-refractivity contribution in [1.82, 2.24) is 14.8 Å². The van der Waals surface area contributed by atoms with E-state index >= 15 is 0 Å². The van der Waals surface area contributed by atoms with Gasteiger partial charge in [0.1, 0.15) is 0 Å². The quantitative estimate of drug-likeness (QED) is 0.434. The molecule has 0 unspecified atom stereocenters. The van der Waals surface area contributed by atoms with Crippen molar-refractivity contribution in [3.63, 3.8) is 0 Å². The van der Waals surface area contributed by atoms with Crippen molar-refractivity contribution in [2.45, 2.75) is 23.9 Å². The van der Waals surface area contributed by atoms with Gasteiger partial charge in [-0.2, -0.15) is 5.26 Å². The fourth-order valence-electron chi connectivity index (χ4n) is 3.22. The van der Waals surface area contributed by atoms with Gasteiger partial charge in [0.2, 0.25) is 5.91 Å². The number of para-hydroxylation sites is 1. The first kappa shape index (κ1) is 23.7. The molecular weight excluding hydrogens is 440 g/mol. The van der Waals surface area contributed by atoms with Crippen molar-refractivity contribution < 1.29 is 4.79 Å². The maximum Gasteiger partial charge on any atom is 0.234 e. The molecule has 0 bridgehead atoms. The molecule has 0 aliphatic rings. The number of anilines is 2. The number of benzene rings is 2. The SMILES string of the molecule is CCN(CC)c1ccc(-c2nnc(SCC(=O)Nc3ccccc3SCC#N)n2C)cc1. The number of hydrogen-bond acceptors (Lipinski definition) is 7. The third kappa shape index (κ3) is 5.84. The van der Waals surface area contributed by atoms with Crippen LogP contribution in [0.15, 0.2) is 58.6 Å². The van der Waals surface area contributed by atoms with Crippen LogP contribution in [0.25, 0.3) is 11.4 Å². The molecule has 9 heteroatoms. The Morgan fingerprint density at radius 1 is 1.09 bits per heavy atom. The Balaban J connectivity index is 1.63. The Kier molecular flexibility index (Phi) is 8.59. The number of nitrogens with one attached hydrogen (secondary N) is 1. The molecule has 3 rings (SSSR count). The van der Waals surface area contributed by atoms with E-state index in [-0.39, 0.29) is 11.7 Å². The summed E-state index contributed by atoms with van der Waals surface area (Å²) in [5.41, 5.74) is 2.88. The van der Waals surface area contributed by atoms with Crippen LogP contribution >= 0.6 is 23.5 Å². The fraction of sp³-hybridized carbons (Fsp3) is 0.304. The number of hydrogen-bond donors (Lipinski definition) is 1. The number of thioether (sulfide) groups is 2. The molecule has 0 fully saturated rings. The average Bonchev–Trinajstić information content (AvgIpc) is 3.18. The Labute approximate surface area is 197 Å². The molecule has 0 radical (unpaired) electrons. The minimum atomic E-state index is -0.131. The molecule has 0 spiro atoms. The minimum absolute atomic E-state index is 0.131. The molecule has 0 saturated carbocycles. The van der Waals surface area contributed by atoms with E-state index in [9.17, 15) is 4.79 Å². The van der Waals surface area contributed by atoms with Crippen molar-refractivity contribution in [1.29, 1.82) is 5.26 Å². The zero-order valence-corrected chi connectivity index (χ0v) is 20.0. The fourth-order valence-corrected chi connectivity index (χ4v) is 4.60. The van der Waals surface area contributed by atoms with E-state index in [1.807, 2.05) is 35.9 Å². The van der Waals surface area contributed by atoms with E-state index < -0.39 is 0 Å². The van der Waals surface area contributed by atoms with Crippen LogP contribution in [0.3, 0.4) is 0 Å². The van der Waals surface area contributed by atoms with Gasteiger partial charge >= 0.3 is 0 Å². The van der Waals surface area contributed by atoms with E-state index in [4.69, 9.17) is 5.26 Å². The maximum absolute atomic E-state index is 12.5. The summed E-state index contributed by atoms with van der Waals surface area (Å²) in [6.07, 6.45) is 0. The first-order chi connectivity index (χ1) is 15.6.